The Kier molecular flexibility index (Phi) is 9.12. The molecule has 6 aromatic heterocycles. The molecule has 0 saturated heterocycles. The molecule has 74 heavy (non-hydrogen) atoms. The van der Waals surface area contributed by atoms with Gasteiger partial charge < -0.3 is 18.3 Å². The zero-order valence-corrected chi connectivity index (χ0v) is 41.5. The van der Waals surface area contributed by atoms with Crippen molar-refractivity contribution in [3.8, 4) is 45.0 Å². The summed E-state index contributed by atoms with van der Waals surface area (Å²) in [5.41, 5.74) is 22.1. The summed E-state index contributed by atoms with van der Waals surface area (Å²) in [7, 11) is 0. The van der Waals surface area contributed by atoms with Gasteiger partial charge in [0, 0.05) is 84.6 Å². The number of aromatic nitrogens is 6. The molecule has 0 N–H and O–H groups in total. The maximum atomic E-state index is 4.98. The topological polar surface area (TPSA) is 45.5 Å². The zero-order chi connectivity index (χ0) is 49.3. The molecular weight excluding hydrogens is 901 g/mol. The van der Waals surface area contributed by atoms with Crippen molar-refractivity contribution in [2.24, 2.45) is 0 Å². The fourth-order valence-corrected chi connectivity index (χ4v) is 12.5. The monoisotopic (exact) mass is 948 g/mol. The van der Waals surface area contributed by atoms with Gasteiger partial charge in [0.1, 0.15) is 0 Å². The lowest BCUT2D eigenvalue weighted by Gasteiger charge is -2.31. The van der Waals surface area contributed by atoms with Gasteiger partial charge in [-0.15, -0.1) is 0 Å². The number of hydrogen-bond acceptors (Lipinski definition) is 2. The third-order valence-electron chi connectivity index (χ3n) is 15.5. The van der Waals surface area contributed by atoms with Gasteiger partial charge in [0.15, 0.2) is 0 Å². The summed E-state index contributed by atoms with van der Waals surface area (Å²) in [5.74, 6) is 0. The van der Waals surface area contributed by atoms with Gasteiger partial charge >= 0.3 is 0 Å². The molecule has 0 fully saturated rings. The SMILES string of the molecule is Cc1ccc2c(c1)c1ccccc1n2-c1c(-c2ccncc2)c(-c2cccnc2)c(-n2c3ccccc3c3cc(C)ccc32)c(-n2c3ccccc3c3cc(C)ccc32)c1-n1c2ccccc2c2cc(C)ccc21. The van der Waals surface area contributed by atoms with Gasteiger partial charge in [0.05, 0.1) is 66.9 Å². The lowest BCUT2D eigenvalue weighted by Crippen LogP contribution is -2.16. The Morgan fingerprint density at radius 3 is 0.932 bits per heavy atom. The van der Waals surface area contributed by atoms with E-state index in [1.807, 2.05) is 18.6 Å². The molecule has 0 unspecified atom stereocenters. The Bertz CT molecular complexity index is 4510. The van der Waals surface area contributed by atoms with Crippen LogP contribution in [0.3, 0.4) is 0 Å². The van der Waals surface area contributed by atoms with Crippen LogP contribution in [-0.4, -0.2) is 28.2 Å². The molecule has 0 bridgehead atoms. The molecule has 9 aromatic carbocycles. The van der Waals surface area contributed by atoms with Gasteiger partial charge in [-0.2, -0.15) is 0 Å². The standard InChI is InChI=1S/C68H48N6/c1-41-23-27-59-51(36-41)47-15-5-9-19-55(47)71(59)65-63(45-31-34-69-35-32-45)64(46-14-13-33-70-40-46)66(72-56-20-10-6-16-48(56)52-37-42(2)24-28-60(52)72)68(74-58-22-12-8-18-50(58)54-39-44(4)26-30-62(54)74)67(65)73-57-21-11-7-17-49(57)53-38-43(3)25-29-61(53)73/h5-40H,1-4H3. The second kappa shape index (κ2) is 16.0. The number of rotatable bonds is 6. The number of para-hydroxylation sites is 4. The van der Waals surface area contributed by atoms with Gasteiger partial charge in [0.2, 0.25) is 0 Å². The van der Waals surface area contributed by atoms with E-state index in [0.29, 0.717) is 0 Å². The summed E-state index contributed by atoms with van der Waals surface area (Å²) in [5, 5.41) is 9.55. The molecule has 0 atom stereocenters. The van der Waals surface area contributed by atoms with Crippen LogP contribution in [0.15, 0.2) is 219 Å². The lowest BCUT2D eigenvalue weighted by molar-refractivity contribution is 1.02. The molecule has 6 heteroatoms. The average Bonchev–Trinajstić information content (AvgIpc) is 4.19. The van der Waals surface area contributed by atoms with E-state index in [9.17, 15) is 0 Å². The number of fused-ring (bicyclic) bond motifs is 12. The molecular formula is C68H48N6. The fraction of sp³-hybridized carbons (Fsp3) is 0.0588. The molecule has 0 spiro atoms. The van der Waals surface area contributed by atoms with Crippen molar-refractivity contribution in [2.75, 3.05) is 0 Å². The van der Waals surface area contributed by atoms with Crippen molar-refractivity contribution in [1.29, 1.82) is 0 Å². The summed E-state index contributed by atoms with van der Waals surface area (Å²) in [6, 6.07) is 72.4. The largest absolute Gasteiger partial charge is 0.306 e. The minimum Gasteiger partial charge on any atom is -0.306 e. The van der Waals surface area contributed by atoms with Gasteiger partial charge in [-0.25, -0.2) is 0 Å². The quantitative estimate of drug-likeness (QED) is 0.167. The highest BCUT2D eigenvalue weighted by Gasteiger charge is 2.35. The minimum absolute atomic E-state index is 0.993. The summed E-state index contributed by atoms with van der Waals surface area (Å²) < 4.78 is 10.3. The van der Waals surface area contributed by atoms with Crippen LogP contribution in [0.4, 0.5) is 0 Å². The molecule has 15 aromatic rings. The molecule has 6 heterocycles. The van der Waals surface area contributed by atoms with Crippen molar-refractivity contribution < 1.29 is 0 Å². The van der Waals surface area contributed by atoms with Crippen LogP contribution in [0.5, 0.6) is 0 Å². The lowest BCUT2D eigenvalue weighted by atomic mass is 9.89. The Labute approximate surface area is 427 Å². The van der Waals surface area contributed by atoms with E-state index in [-0.39, 0.29) is 0 Å². The smallest absolute Gasteiger partial charge is 0.0975 e. The van der Waals surface area contributed by atoms with E-state index in [2.05, 4.69) is 246 Å². The highest BCUT2D eigenvalue weighted by atomic mass is 15.1. The Hall–Kier alpha value is -9.52. The maximum absolute atomic E-state index is 4.98. The second-order valence-corrected chi connectivity index (χ2v) is 20.1. The molecule has 0 aliphatic rings. The number of pyridine rings is 2. The van der Waals surface area contributed by atoms with Gasteiger partial charge in [-0.3, -0.25) is 9.97 Å². The van der Waals surface area contributed by atoms with E-state index >= 15 is 0 Å². The molecule has 350 valence electrons. The van der Waals surface area contributed by atoms with E-state index < -0.39 is 0 Å². The summed E-state index contributed by atoms with van der Waals surface area (Å²) in [6.07, 6.45) is 7.83. The predicted octanol–water partition coefficient (Wildman–Crippen LogP) is 17.4. The highest BCUT2D eigenvalue weighted by Crippen LogP contribution is 2.54. The van der Waals surface area contributed by atoms with E-state index in [4.69, 9.17) is 9.97 Å². The number of aryl methyl sites for hydroxylation is 4. The summed E-state index contributed by atoms with van der Waals surface area (Å²) in [6.45, 7) is 8.80. The molecule has 6 nitrogen and oxygen atoms in total. The summed E-state index contributed by atoms with van der Waals surface area (Å²) in [4.78, 5) is 9.68. The first-order chi connectivity index (χ1) is 36.4. The maximum Gasteiger partial charge on any atom is 0.0975 e. The van der Waals surface area contributed by atoms with Crippen LogP contribution >= 0.6 is 0 Å². The third kappa shape index (κ3) is 5.99. The number of nitrogens with zero attached hydrogens (tertiary/aromatic N) is 6. The molecule has 0 saturated carbocycles. The van der Waals surface area contributed by atoms with Gasteiger partial charge in [-0.1, -0.05) is 125 Å². The second-order valence-electron chi connectivity index (χ2n) is 20.1. The predicted molar refractivity (Wildman–Crippen MR) is 309 cm³/mol. The van der Waals surface area contributed by atoms with E-state index in [1.54, 1.807) is 0 Å². The van der Waals surface area contributed by atoms with Crippen LogP contribution in [-0.2, 0) is 0 Å². The van der Waals surface area contributed by atoms with E-state index in [1.165, 1.54) is 65.3 Å². The third-order valence-corrected chi connectivity index (χ3v) is 15.5. The first-order valence-electron chi connectivity index (χ1n) is 25.5. The van der Waals surface area contributed by atoms with Crippen molar-refractivity contribution >= 4 is 87.2 Å². The first-order valence-corrected chi connectivity index (χ1v) is 25.5. The Morgan fingerprint density at radius 1 is 0.257 bits per heavy atom. The normalized spacial score (nSPS) is 12.1. The molecule has 0 aliphatic carbocycles. The average molecular weight is 949 g/mol. The van der Waals surface area contributed by atoms with Gasteiger partial charge in [-0.05, 0) is 124 Å². The fourth-order valence-electron chi connectivity index (χ4n) is 12.5. The van der Waals surface area contributed by atoms with Crippen molar-refractivity contribution in [1.82, 2.24) is 28.2 Å². The van der Waals surface area contributed by atoms with Crippen LogP contribution in [0.1, 0.15) is 22.3 Å². The van der Waals surface area contributed by atoms with Crippen LogP contribution in [0, 0.1) is 27.7 Å². The molecule has 15 rings (SSSR count). The Morgan fingerprint density at radius 2 is 0.581 bits per heavy atom. The zero-order valence-electron chi connectivity index (χ0n) is 41.5. The van der Waals surface area contributed by atoms with Crippen LogP contribution in [0.25, 0.3) is 132 Å². The first kappa shape index (κ1) is 42.2. The molecule has 0 amide bonds. The molecule has 0 radical (unpaired) electrons. The van der Waals surface area contributed by atoms with E-state index in [0.717, 1.165) is 89.1 Å². The van der Waals surface area contributed by atoms with Crippen molar-refractivity contribution in [3.63, 3.8) is 0 Å². The Balaban J connectivity index is 1.35. The van der Waals surface area contributed by atoms with Crippen molar-refractivity contribution in [3.05, 3.63) is 241 Å². The highest BCUT2D eigenvalue weighted by molar-refractivity contribution is 6.18. The minimum atomic E-state index is 0.993. The van der Waals surface area contributed by atoms with Crippen LogP contribution in [0.2, 0.25) is 0 Å². The number of benzene rings is 9. The number of hydrogen-bond donors (Lipinski definition) is 0. The molecule has 0 aliphatic heterocycles. The van der Waals surface area contributed by atoms with Crippen molar-refractivity contribution in [2.45, 2.75) is 27.7 Å². The van der Waals surface area contributed by atoms with Crippen LogP contribution < -0.4 is 0 Å². The van der Waals surface area contributed by atoms with Gasteiger partial charge in [0.25, 0.3) is 0 Å². The summed E-state index contributed by atoms with van der Waals surface area (Å²) >= 11 is 0.